The fourth-order valence-corrected chi connectivity index (χ4v) is 2.22. The lowest BCUT2D eigenvalue weighted by molar-refractivity contribution is -0.00911. The van der Waals surface area contributed by atoms with E-state index in [0.717, 1.165) is 25.1 Å². The SMILES string of the molecule is COc1cc(NCC2CCC(C)(C)O2)ccc1F. The predicted octanol–water partition coefficient (Wildman–Crippen LogP) is 3.20. The first kappa shape index (κ1) is 13.1. The lowest BCUT2D eigenvalue weighted by Crippen LogP contribution is -2.24. The Labute approximate surface area is 107 Å². The van der Waals surface area contributed by atoms with E-state index >= 15 is 0 Å². The maximum Gasteiger partial charge on any atom is 0.165 e. The van der Waals surface area contributed by atoms with E-state index in [1.165, 1.54) is 13.2 Å². The minimum absolute atomic E-state index is 0.0210. The van der Waals surface area contributed by atoms with Crippen LogP contribution in [-0.4, -0.2) is 25.4 Å². The molecule has 1 fully saturated rings. The van der Waals surface area contributed by atoms with Crippen molar-refractivity contribution in [1.29, 1.82) is 0 Å². The van der Waals surface area contributed by atoms with Crippen LogP contribution in [0.15, 0.2) is 18.2 Å². The summed E-state index contributed by atoms with van der Waals surface area (Å²) in [5.74, 6) is -0.0889. The topological polar surface area (TPSA) is 30.5 Å². The average molecular weight is 253 g/mol. The maximum absolute atomic E-state index is 13.2. The second kappa shape index (κ2) is 5.14. The van der Waals surface area contributed by atoms with E-state index in [9.17, 15) is 4.39 Å². The first-order valence-corrected chi connectivity index (χ1v) is 6.25. The molecule has 1 heterocycles. The second-order valence-corrected chi connectivity index (χ2v) is 5.27. The van der Waals surface area contributed by atoms with Crippen molar-refractivity contribution >= 4 is 5.69 Å². The number of methoxy groups -OCH3 is 1. The van der Waals surface area contributed by atoms with Gasteiger partial charge >= 0.3 is 0 Å². The van der Waals surface area contributed by atoms with Crippen LogP contribution in [0.5, 0.6) is 5.75 Å². The van der Waals surface area contributed by atoms with E-state index in [1.807, 2.05) is 0 Å². The summed E-state index contributed by atoms with van der Waals surface area (Å²) in [5, 5.41) is 3.25. The molecule has 0 saturated carbocycles. The smallest absolute Gasteiger partial charge is 0.165 e. The highest BCUT2D eigenvalue weighted by Crippen LogP contribution is 2.29. The summed E-state index contributed by atoms with van der Waals surface area (Å²) < 4.78 is 24.1. The monoisotopic (exact) mass is 253 g/mol. The van der Waals surface area contributed by atoms with Crippen LogP contribution in [0, 0.1) is 5.82 Å². The summed E-state index contributed by atoms with van der Waals surface area (Å²) >= 11 is 0. The quantitative estimate of drug-likeness (QED) is 0.893. The molecule has 1 aliphatic rings. The lowest BCUT2D eigenvalue weighted by Gasteiger charge is -2.20. The summed E-state index contributed by atoms with van der Waals surface area (Å²) in [5.41, 5.74) is 0.828. The van der Waals surface area contributed by atoms with E-state index < -0.39 is 0 Å². The van der Waals surface area contributed by atoms with Gasteiger partial charge in [0.05, 0.1) is 18.8 Å². The molecule has 18 heavy (non-hydrogen) atoms. The number of anilines is 1. The van der Waals surface area contributed by atoms with Crippen LogP contribution in [0.3, 0.4) is 0 Å². The summed E-state index contributed by atoms with van der Waals surface area (Å²) in [6, 6.07) is 4.77. The second-order valence-electron chi connectivity index (χ2n) is 5.27. The van der Waals surface area contributed by atoms with Crippen LogP contribution in [0.1, 0.15) is 26.7 Å². The molecule has 1 N–H and O–H groups in total. The van der Waals surface area contributed by atoms with Crippen molar-refractivity contribution in [2.75, 3.05) is 19.0 Å². The van der Waals surface area contributed by atoms with Gasteiger partial charge in [0.15, 0.2) is 11.6 Å². The van der Waals surface area contributed by atoms with E-state index in [1.54, 1.807) is 12.1 Å². The first-order chi connectivity index (χ1) is 8.50. The Kier molecular flexibility index (Phi) is 3.76. The molecule has 100 valence electrons. The van der Waals surface area contributed by atoms with Gasteiger partial charge in [-0.05, 0) is 38.8 Å². The lowest BCUT2D eigenvalue weighted by atomic mass is 10.1. The molecule has 1 atom stereocenters. The molecule has 0 radical (unpaired) electrons. The van der Waals surface area contributed by atoms with E-state index in [0.29, 0.717) is 0 Å². The van der Waals surface area contributed by atoms with E-state index in [-0.39, 0.29) is 23.3 Å². The number of ether oxygens (including phenoxy) is 2. The van der Waals surface area contributed by atoms with Crippen molar-refractivity contribution in [2.45, 2.75) is 38.4 Å². The summed E-state index contributed by atoms with van der Waals surface area (Å²) in [6.45, 7) is 4.94. The van der Waals surface area contributed by atoms with Crippen LogP contribution in [0.2, 0.25) is 0 Å². The molecule has 2 rings (SSSR count). The van der Waals surface area contributed by atoms with Crippen molar-refractivity contribution in [3.05, 3.63) is 24.0 Å². The zero-order valence-electron chi connectivity index (χ0n) is 11.1. The Hall–Kier alpha value is -1.29. The molecule has 1 saturated heterocycles. The normalized spacial score (nSPS) is 21.9. The molecule has 4 heteroatoms. The van der Waals surface area contributed by atoms with Crippen molar-refractivity contribution in [1.82, 2.24) is 0 Å². The van der Waals surface area contributed by atoms with Crippen LogP contribution in [-0.2, 0) is 4.74 Å². The number of halogens is 1. The zero-order valence-corrected chi connectivity index (χ0v) is 11.1. The summed E-state index contributed by atoms with van der Waals surface area (Å²) in [7, 11) is 1.46. The van der Waals surface area contributed by atoms with Gasteiger partial charge in [-0.3, -0.25) is 0 Å². The van der Waals surface area contributed by atoms with Gasteiger partial charge in [-0.1, -0.05) is 0 Å². The third-order valence-corrected chi connectivity index (χ3v) is 3.24. The molecule has 0 amide bonds. The van der Waals surface area contributed by atoms with Gasteiger partial charge in [-0.15, -0.1) is 0 Å². The number of hydrogen-bond acceptors (Lipinski definition) is 3. The highest BCUT2D eigenvalue weighted by Gasteiger charge is 2.31. The average Bonchev–Trinajstić information content (AvgIpc) is 2.68. The van der Waals surface area contributed by atoms with Gasteiger partial charge in [0.2, 0.25) is 0 Å². The highest BCUT2D eigenvalue weighted by molar-refractivity contribution is 5.48. The Morgan fingerprint density at radius 2 is 2.28 bits per heavy atom. The Bertz CT molecular complexity index is 420. The number of nitrogens with one attached hydrogen (secondary N) is 1. The maximum atomic E-state index is 13.2. The fourth-order valence-electron chi connectivity index (χ4n) is 2.22. The molecular formula is C14H20FNO2. The standard InChI is InChI=1S/C14H20FNO2/c1-14(2)7-6-11(18-14)9-16-10-4-5-12(15)13(8-10)17-3/h4-5,8,11,16H,6-7,9H2,1-3H3. The Morgan fingerprint density at radius 3 is 2.89 bits per heavy atom. The minimum Gasteiger partial charge on any atom is -0.494 e. The summed E-state index contributed by atoms with van der Waals surface area (Å²) in [6.07, 6.45) is 2.35. The molecule has 1 aromatic rings. The molecule has 1 unspecified atom stereocenters. The van der Waals surface area contributed by atoms with Gasteiger partial charge in [0, 0.05) is 18.3 Å². The number of hydrogen-bond donors (Lipinski definition) is 1. The van der Waals surface area contributed by atoms with Gasteiger partial charge in [0.25, 0.3) is 0 Å². The van der Waals surface area contributed by atoms with Crippen molar-refractivity contribution < 1.29 is 13.9 Å². The van der Waals surface area contributed by atoms with Crippen LogP contribution in [0.4, 0.5) is 10.1 Å². The van der Waals surface area contributed by atoms with Gasteiger partial charge in [-0.25, -0.2) is 4.39 Å². The van der Waals surface area contributed by atoms with Crippen molar-refractivity contribution in [3.63, 3.8) is 0 Å². The minimum atomic E-state index is -0.346. The Balaban J connectivity index is 1.91. The van der Waals surface area contributed by atoms with Crippen LogP contribution < -0.4 is 10.1 Å². The highest BCUT2D eigenvalue weighted by atomic mass is 19.1. The van der Waals surface area contributed by atoms with Gasteiger partial charge in [-0.2, -0.15) is 0 Å². The zero-order chi connectivity index (χ0) is 13.2. The Morgan fingerprint density at radius 1 is 1.50 bits per heavy atom. The van der Waals surface area contributed by atoms with Crippen molar-refractivity contribution in [2.24, 2.45) is 0 Å². The molecule has 1 aliphatic heterocycles. The van der Waals surface area contributed by atoms with Crippen LogP contribution in [0.25, 0.3) is 0 Å². The van der Waals surface area contributed by atoms with E-state index in [4.69, 9.17) is 9.47 Å². The third kappa shape index (κ3) is 3.13. The molecule has 0 aromatic heterocycles. The third-order valence-electron chi connectivity index (χ3n) is 3.24. The largest absolute Gasteiger partial charge is 0.494 e. The molecule has 3 nitrogen and oxygen atoms in total. The molecular weight excluding hydrogens is 233 g/mol. The predicted molar refractivity (Wildman–Crippen MR) is 69.6 cm³/mol. The van der Waals surface area contributed by atoms with Crippen molar-refractivity contribution in [3.8, 4) is 5.75 Å². The first-order valence-electron chi connectivity index (χ1n) is 6.25. The number of benzene rings is 1. The van der Waals surface area contributed by atoms with E-state index in [2.05, 4.69) is 19.2 Å². The fraction of sp³-hybridized carbons (Fsp3) is 0.571. The number of rotatable bonds is 4. The molecule has 0 aliphatic carbocycles. The molecule has 1 aromatic carbocycles. The molecule has 0 bridgehead atoms. The molecule has 0 spiro atoms. The summed E-state index contributed by atoms with van der Waals surface area (Å²) in [4.78, 5) is 0. The van der Waals surface area contributed by atoms with Gasteiger partial charge < -0.3 is 14.8 Å². The van der Waals surface area contributed by atoms with Crippen LogP contribution >= 0.6 is 0 Å². The van der Waals surface area contributed by atoms with Gasteiger partial charge in [0.1, 0.15) is 0 Å².